The third-order valence-corrected chi connectivity index (χ3v) is 4.64. The van der Waals surface area contributed by atoms with Crippen LogP contribution in [0.5, 0.6) is 0 Å². The molecule has 0 spiro atoms. The first-order valence-corrected chi connectivity index (χ1v) is 7.61. The van der Waals surface area contributed by atoms with Crippen LogP contribution in [0.2, 0.25) is 0 Å². The number of aromatic amines is 1. The molecular formula is C14H19N3O2S. The fraction of sp³-hybridized carbons (Fsp3) is 0.500. The third kappa shape index (κ3) is 2.78. The Morgan fingerprint density at radius 1 is 1.60 bits per heavy atom. The predicted octanol–water partition coefficient (Wildman–Crippen LogP) is 2.03. The largest absolute Gasteiger partial charge is 0.378 e. The first-order chi connectivity index (χ1) is 9.83. The van der Waals surface area contributed by atoms with Gasteiger partial charge in [0.25, 0.3) is 0 Å². The fourth-order valence-corrected chi connectivity index (χ4v) is 3.22. The van der Waals surface area contributed by atoms with Crippen LogP contribution < -0.4 is 5.32 Å². The van der Waals surface area contributed by atoms with Crippen LogP contribution in [-0.4, -0.2) is 42.7 Å². The standard InChI is InChI=1S/C14H19N3O2S/c1-18-14(4-5-19-10-14)9-15-7-11-8-16-17-13(11)12-3-2-6-20-12/h2-3,6,8,15H,4-5,7,9-10H2,1H3,(H,16,17). The molecule has 0 aliphatic carbocycles. The number of nitrogens with zero attached hydrogens (tertiary/aromatic N) is 1. The normalized spacial score (nSPS) is 22.4. The molecule has 2 N–H and O–H groups in total. The van der Waals surface area contributed by atoms with Gasteiger partial charge in [0, 0.05) is 38.8 Å². The molecular weight excluding hydrogens is 274 g/mol. The topological polar surface area (TPSA) is 59.2 Å². The van der Waals surface area contributed by atoms with Crippen LogP contribution >= 0.6 is 11.3 Å². The molecule has 0 bridgehead atoms. The van der Waals surface area contributed by atoms with Gasteiger partial charge in [-0.2, -0.15) is 5.10 Å². The molecule has 1 aliphatic heterocycles. The van der Waals surface area contributed by atoms with E-state index in [-0.39, 0.29) is 5.60 Å². The number of ether oxygens (including phenoxy) is 2. The van der Waals surface area contributed by atoms with Crippen molar-refractivity contribution in [3.63, 3.8) is 0 Å². The minimum absolute atomic E-state index is 0.174. The summed E-state index contributed by atoms with van der Waals surface area (Å²) in [4.78, 5) is 1.21. The van der Waals surface area contributed by atoms with Gasteiger partial charge in [-0.05, 0) is 11.4 Å². The third-order valence-electron chi connectivity index (χ3n) is 3.75. The zero-order valence-electron chi connectivity index (χ0n) is 11.5. The van der Waals surface area contributed by atoms with Crippen molar-refractivity contribution in [2.24, 2.45) is 0 Å². The Bertz CT molecular complexity index is 532. The summed E-state index contributed by atoms with van der Waals surface area (Å²) in [6, 6.07) is 4.15. The van der Waals surface area contributed by atoms with Gasteiger partial charge in [0.05, 0.1) is 23.4 Å². The summed E-state index contributed by atoms with van der Waals surface area (Å²) >= 11 is 1.71. The quantitative estimate of drug-likeness (QED) is 0.855. The summed E-state index contributed by atoms with van der Waals surface area (Å²) in [6.07, 6.45) is 2.83. The zero-order valence-corrected chi connectivity index (χ0v) is 12.3. The zero-order chi connectivity index (χ0) is 13.8. The van der Waals surface area contributed by atoms with Crippen molar-refractivity contribution in [2.45, 2.75) is 18.6 Å². The van der Waals surface area contributed by atoms with E-state index >= 15 is 0 Å². The van der Waals surface area contributed by atoms with Gasteiger partial charge in [0.1, 0.15) is 5.60 Å². The Kier molecular flexibility index (Phi) is 4.16. The van der Waals surface area contributed by atoms with Crippen LogP contribution in [0.3, 0.4) is 0 Å². The fourth-order valence-electron chi connectivity index (χ4n) is 2.47. The molecule has 2 aromatic heterocycles. The Morgan fingerprint density at radius 3 is 3.25 bits per heavy atom. The lowest BCUT2D eigenvalue weighted by molar-refractivity contribution is -0.0159. The summed E-state index contributed by atoms with van der Waals surface area (Å²) in [5, 5.41) is 12.8. The monoisotopic (exact) mass is 293 g/mol. The van der Waals surface area contributed by atoms with E-state index in [2.05, 4.69) is 27.0 Å². The Morgan fingerprint density at radius 2 is 2.55 bits per heavy atom. The average Bonchev–Trinajstić information content (AvgIpc) is 3.20. The number of hydrogen-bond acceptors (Lipinski definition) is 5. The molecule has 0 saturated carbocycles. The summed E-state index contributed by atoms with van der Waals surface area (Å²) in [7, 11) is 1.76. The number of methoxy groups -OCH3 is 1. The van der Waals surface area contributed by atoms with Gasteiger partial charge in [0.15, 0.2) is 0 Å². The second-order valence-corrected chi connectivity index (χ2v) is 5.99. The van der Waals surface area contributed by atoms with Gasteiger partial charge in [-0.15, -0.1) is 11.3 Å². The van der Waals surface area contributed by atoms with E-state index in [4.69, 9.17) is 9.47 Å². The molecule has 0 aromatic carbocycles. The summed E-state index contributed by atoms with van der Waals surface area (Å²) in [5.74, 6) is 0. The van der Waals surface area contributed by atoms with Crippen LogP contribution in [-0.2, 0) is 16.0 Å². The van der Waals surface area contributed by atoms with E-state index in [1.165, 1.54) is 10.4 Å². The molecule has 20 heavy (non-hydrogen) atoms. The van der Waals surface area contributed by atoms with Gasteiger partial charge in [0.2, 0.25) is 0 Å². The second-order valence-electron chi connectivity index (χ2n) is 5.04. The van der Waals surface area contributed by atoms with E-state index in [1.807, 2.05) is 12.3 Å². The Balaban J connectivity index is 1.61. The summed E-state index contributed by atoms with van der Waals surface area (Å²) in [5.41, 5.74) is 2.10. The lowest BCUT2D eigenvalue weighted by atomic mass is 10.0. The molecule has 0 amide bonds. The summed E-state index contributed by atoms with van der Waals surface area (Å²) in [6.45, 7) is 3.01. The van der Waals surface area contributed by atoms with Crippen molar-refractivity contribution in [1.82, 2.24) is 15.5 Å². The van der Waals surface area contributed by atoms with Crippen molar-refractivity contribution in [1.29, 1.82) is 0 Å². The van der Waals surface area contributed by atoms with Crippen LogP contribution in [0.15, 0.2) is 23.7 Å². The van der Waals surface area contributed by atoms with Crippen LogP contribution in [0.4, 0.5) is 0 Å². The van der Waals surface area contributed by atoms with E-state index in [0.717, 1.165) is 31.8 Å². The van der Waals surface area contributed by atoms with E-state index in [1.54, 1.807) is 18.4 Å². The number of rotatable bonds is 6. The highest BCUT2D eigenvalue weighted by atomic mass is 32.1. The molecule has 108 valence electrons. The highest BCUT2D eigenvalue weighted by Crippen LogP contribution is 2.26. The van der Waals surface area contributed by atoms with E-state index in [9.17, 15) is 0 Å². The second kappa shape index (κ2) is 6.05. The van der Waals surface area contributed by atoms with E-state index in [0.29, 0.717) is 6.61 Å². The maximum Gasteiger partial charge on any atom is 0.106 e. The number of aromatic nitrogens is 2. The minimum atomic E-state index is -0.174. The molecule has 0 radical (unpaired) electrons. The number of H-pyrrole nitrogens is 1. The molecule has 1 aliphatic rings. The maximum atomic E-state index is 5.61. The number of thiophene rings is 1. The van der Waals surface area contributed by atoms with Crippen molar-refractivity contribution in [2.75, 3.05) is 26.9 Å². The molecule has 3 rings (SSSR count). The van der Waals surface area contributed by atoms with Gasteiger partial charge in [-0.1, -0.05) is 6.07 Å². The van der Waals surface area contributed by atoms with Gasteiger partial charge in [-0.3, -0.25) is 5.10 Å². The molecule has 3 heterocycles. The van der Waals surface area contributed by atoms with Gasteiger partial charge in [-0.25, -0.2) is 0 Å². The van der Waals surface area contributed by atoms with E-state index < -0.39 is 0 Å². The predicted molar refractivity (Wildman–Crippen MR) is 78.8 cm³/mol. The van der Waals surface area contributed by atoms with Crippen LogP contribution in [0.25, 0.3) is 10.6 Å². The first kappa shape index (κ1) is 13.8. The molecule has 1 unspecified atom stereocenters. The molecule has 1 fully saturated rings. The Labute approximate surface area is 122 Å². The molecule has 1 saturated heterocycles. The number of hydrogen-bond donors (Lipinski definition) is 2. The first-order valence-electron chi connectivity index (χ1n) is 6.73. The average molecular weight is 293 g/mol. The van der Waals surface area contributed by atoms with Crippen LogP contribution in [0, 0.1) is 0 Å². The molecule has 2 aromatic rings. The summed E-state index contributed by atoms with van der Waals surface area (Å²) < 4.78 is 11.1. The van der Waals surface area contributed by atoms with Crippen molar-refractivity contribution >= 4 is 11.3 Å². The van der Waals surface area contributed by atoms with Crippen molar-refractivity contribution in [3.8, 4) is 10.6 Å². The van der Waals surface area contributed by atoms with Gasteiger partial charge < -0.3 is 14.8 Å². The van der Waals surface area contributed by atoms with Gasteiger partial charge >= 0.3 is 0 Å². The van der Waals surface area contributed by atoms with Crippen LogP contribution in [0.1, 0.15) is 12.0 Å². The Hall–Kier alpha value is -1.21. The molecule has 1 atom stereocenters. The maximum absolute atomic E-state index is 5.61. The lowest BCUT2D eigenvalue weighted by Gasteiger charge is -2.26. The number of nitrogens with one attached hydrogen (secondary N) is 2. The van der Waals surface area contributed by atoms with Crippen molar-refractivity contribution < 1.29 is 9.47 Å². The minimum Gasteiger partial charge on any atom is -0.378 e. The SMILES string of the molecule is COC1(CNCc2cn[nH]c2-c2cccs2)CCOC1. The molecule has 5 nitrogen and oxygen atoms in total. The smallest absolute Gasteiger partial charge is 0.106 e. The highest BCUT2D eigenvalue weighted by Gasteiger charge is 2.34. The molecule has 6 heteroatoms. The van der Waals surface area contributed by atoms with Crippen molar-refractivity contribution in [3.05, 3.63) is 29.3 Å². The lowest BCUT2D eigenvalue weighted by Crippen LogP contribution is -2.42. The highest BCUT2D eigenvalue weighted by molar-refractivity contribution is 7.13.